The zero-order valence-corrected chi connectivity index (χ0v) is 14.7. The van der Waals surface area contributed by atoms with Gasteiger partial charge in [-0.05, 0) is 11.6 Å². The number of carbonyl (C=O) groups excluding carboxylic acids is 2. The molecule has 0 aromatic heterocycles. The number of hydrogen-bond acceptors (Lipinski definition) is 5. The number of carbonyl (C=O) groups is 2. The summed E-state index contributed by atoms with van der Waals surface area (Å²) in [6, 6.07) is 6.26. The Kier molecular flexibility index (Phi) is 8.02. The molecule has 1 aromatic rings. The number of hydrogen-bond donors (Lipinski definition) is 0. The van der Waals surface area contributed by atoms with Crippen LogP contribution in [0.1, 0.15) is 11.6 Å². The van der Waals surface area contributed by atoms with Crippen molar-refractivity contribution in [1.82, 2.24) is 9.80 Å². The zero-order chi connectivity index (χ0) is 17.4. The van der Waals surface area contributed by atoms with Crippen LogP contribution in [0.15, 0.2) is 24.3 Å². The van der Waals surface area contributed by atoms with E-state index < -0.39 is 12.0 Å². The molecule has 1 atom stereocenters. The number of likely N-dealkylation sites (N-methyl/N-ethyl adjacent to an activating group) is 1. The zero-order valence-electron chi connectivity index (χ0n) is 13.9. The molecule has 0 N–H and O–H groups in total. The van der Waals surface area contributed by atoms with Gasteiger partial charge in [0.25, 0.3) is 0 Å². The van der Waals surface area contributed by atoms with E-state index in [1.165, 1.54) is 12.0 Å². The first kappa shape index (κ1) is 19.4. The van der Waals surface area contributed by atoms with Crippen molar-refractivity contribution in [3.05, 3.63) is 34.9 Å². The largest absolute Gasteiger partial charge is 0.468 e. The quantitative estimate of drug-likeness (QED) is 0.671. The Morgan fingerprint density at radius 3 is 2.39 bits per heavy atom. The normalized spacial score (nSPS) is 12.1. The van der Waals surface area contributed by atoms with Crippen molar-refractivity contribution in [2.45, 2.75) is 6.04 Å². The van der Waals surface area contributed by atoms with E-state index >= 15 is 0 Å². The number of esters is 1. The third-order valence-electron chi connectivity index (χ3n) is 3.41. The molecular weight excluding hydrogens is 320 g/mol. The lowest BCUT2D eigenvalue weighted by Gasteiger charge is -2.30. The first-order chi connectivity index (χ1) is 10.9. The first-order valence-electron chi connectivity index (χ1n) is 7.17. The van der Waals surface area contributed by atoms with E-state index in [4.69, 9.17) is 21.1 Å². The van der Waals surface area contributed by atoms with E-state index in [-0.39, 0.29) is 12.5 Å². The van der Waals surface area contributed by atoms with Crippen LogP contribution in [-0.4, -0.2) is 69.7 Å². The van der Waals surface area contributed by atoms with E-state index in [0.717, 1.165) is 0 Å². The molecule has 1 aromatic carbocycles. The lowest BCUT2D eigenvalue weighted by atomic mass is 10.0. The predicted octanol–water partition coefficient (Wildman–Crippen LogP) is 1.59. The van der Waals surface area contributed by atoms with Gasteiger partial charge in [-0.1, -0.05) is 29.8 Å². The molecule has 0 aliphatic carbocycles. The Morgan fingerprint density at radius 2 is 1.87 bits per heavy atom. The average Bonchev–Trinajstić information content (AvgIpc) is 2.53. The molecule has 6 nitrogen and oxygen atoms in total. The molecule has 0 radical (unpaired) electrons. The molecule has 0 aliphatic heterocycles. The van der Waals surface area contributed by atoms with Gasteiger partial charge >= 0.3 is 5.97 Å². The number of ether oxygens (including phenoxy) is 2. The van der Waals surface area contributed by atoms with Crippen molar-refractivity contribution >= 4 is 23.5 Å². The number of rotatable bonds is 8. The fraction of sp³-hybridized carbons (Fsp3) is 0.500. The van der Waals surface area contributed by atoms with Gasteiger partial charge in [0, 0.05) is 32.8 Å². The van der Waals surface area contributed by atoms with E-state index in [1.807, 2.05) is 0 Å². The van der Waals surface area contributed by atoms with Gasteiger partial charge in [0.1, 0.15) is 6.04 Å². The maximum Gasteiger partial charge on any atom is 0.327 e. The van der Waals surface area contributed by atoms with Crippen LogP contribution >= 0.6 is 11.6 Å². The van der Waals surface area contributed by atoms with E-state index in [9.17, 15) is 9.59 Å². The molecule has 0 aliphatic rings. The highest BCUT2D eigenvalue weighted by atomic mass is 35.5. The molecule has 23 heavy (non-hydrogen) atoms. The number of amides is 1. The second-order valence-corrected chi connectivity index (χ2v) is 5.61. The van der Waals surface area contributed by atoms with Gasteiger partial charge in [-0.3, -0.25) is 9.69 Å². The summed E-state index contributed by atoms with van der Waals surface area (Å²) in [5.41, 5.74) is 0.601. The van der Waals surface area contributed by atoms with Gasteiger partial charge in [-0.15, -0.1) is 0 Å². The third kappa shape index (κ3) is 5.49. The number of halogens is 1. The summed E-state index contributed by atoms with van der Waals surface area (Å²) in [4.78, 5) is 27.6. The average molecular weight is 343 g/mol. The lowest BCUT2D eigenvalue weighted by Crippen LogP contribution is -2.43. The monoisotopic (exact) mass is 342 g/mol. The third-order valence-corrected chi connectivity index (χ3v) is 3.75. The highest BCUT2D eigenvalue weighted by Crippen LogP contribution is 2.28. The van der Waals surface area contributed by atoms with Crippen LogP contribution in [-0.2, 0) is 19.1 Å². The van der Waals surface area contributed by atoms with E-state index in [1.54, 1.807) is 50.4 Å². The smallest absolute Gasteiger partial charge is 0.327 e. The second kappa shape index (κ2) is 9.50. The molecule has 0 saturated heterocycles. The molecule has 0 spiro atoms. The van der Waals surface area contributed by atoms with Crippen molar-refractivity contribution in [3.8, 4) is 0 Å². The molecule has 0 fully saturated rings. The van der Waals surface area contributed by atoms with Crippen LogP contribution in [0.3, 0.4) is 0 Å². The minimum Gasteiger partial charge on any atom is -0.468 e. The van der Waals surface area contributed by atoms with Gasteiger partial charge < -0.3 is 14.4 Å². The van der Waals surface area contributed by atoms with Crippen molar-refractivity contribution in [2.75, 3.05) is 48.0 Å². The number of nitrogens with zero attached hydrogens (tertiary/aromatic N) is 2. The first-order valence-corrected chi connectivity index (χ1v) is 7.55. The summed E-state index contributed by atoms with van der Waals surface area (Å²) in [6.07, 6.45) is 0. The Labute approximate surface area is 141 Å². The summed E-state index contributed by atoms with van der Waals surface area (Å²) in [7, 11) is 6.21. The molecule has 128 valence electrons. The fourth-order valence-corrected chi connectivity index (χ4v) is 2.34. The summed E-state index contributed by atoms with van der Waals surface area (Å²) < 4.78 is 10.0. The Hall–Kier alpha value is -1.63. The Morgan fingerprint density at radius 1 is 1.22 bits per heavy atom. The summed E-state index contributed by atoms with van der Waals surface area (Å²) >= 11 is 6.24. The summed E-state index contributed by atoms with van der Waals surface area (Å²) in [5.74, 6) is -0.595. The van der Waals surface area contributed by atoms with Crippen molar-refractivity contribution in [1.29, 1.82) is 0 Å². The summed E-state index contributed by atoms with van der Waals surface area (Å²) in [6.45, 7) is 0.821. The molecule has 0 saturated carbocycles. The Balaban J connectivity index is 3.18. The van der Waals surface area contributed by atoms with Crippen LogP contribution in [0.2, 0.25) is 5.02 Å². The van der Waals surface area contributed by atoms with Gasteiger partial charge in [0.15, 0.2) is 0 Å². The van der Waals surface area contributed by atoms with E-state index in [0.29, 0.717) is 23.7 Å². The van der Waals surface area contributed by atoms with Gasteiger partial charge in [-0.25, -0.2) is 4.79 Å². The minimum atomic E-state index is -0.771. The molecule has 0 unspecified atom stereocenters. The maximum atomic E-state index is 12.3. The highest BCUT2D eigenvalue weighted by Gasteiger charge is 2.31. The predicted molar refractivity (Wildman–Crippen MR) is 88.4 cm³/mol. The van der Waals surface area contributed by atoms with Gasteiger partial charge in [-0.2, -0.15) is 0 Å². The standard InChI is InChI=1S/C16H23ClN2O4/c1-18(2)14(20)11-19(9-10-22-3)15(16(21)23-4)12-7-5-6-8-13(12)17/h5-8,15H,9-11H2,1-4H3/t15-/m0/s1. The van der Waals surface area contributed by atoms with Crippen LogP contribution < -0.4 is 0 Å². The lowest BCUT2D eigenvalue weighted by molar-refractivity contribution is -0.148. The van der Waals surface area contributed by atoms with E-state index in [2.05, 4.69) is 0 Å². The molecule has 1 rings (SSSR count). The van der Waals surface area contributed by atoms with Crippen molar-refractivity contribution in [2.24, 2.45) is 0 Å². The molecule has 0 bridgehead atoms. The molecule has 0 heterocycles. The van der Waals surface area contributed by atoms with Crippen molar-refractivity contribution < 1.29 is 19.1 Å². The van der Waals surface area contributed by atoms with Crippen LogP contribution in [0.5, 0.6) is 0 Å². The Bertz CT molecular complexity index is 537. The van der Waals surface area contributed by atoms with Crippen LogP contribution in [0, 0.1) is 0 Å². The molecule has 1 amide bonds. The molecular formula is C16H23ClN2O4. The highest BCUT2D eigenvalue weighted by molar-refractivity contribution is 6.31. The van der Waals surface area contributed by atoms with Gasteiger partial charge in [0.2, 0.25) is 5.91 Å². The van der Waals surface area contributed by atoms with Crippen LogP contribution in [0.4, 0.5) is 0 Å². The second-order valence-electron chi connectivity index (χ2n) is 5.20. The number of benzene rings is 1. The fourth-order valence-electron chi connectivity index (χ4n) is 2.10. The topological polar surface area (TPSA) is 59.1 Å². The van der Waals surface area contributed by atoms with Crippen LogP contribution in [0.25, 0.3) is 0 Å². The minimum absolute atomic E-state index is 0.0569. The molecule has 7 heteroatoms. The maximum absolute atomic E-state index is 12.3. The SMILES string of the molecule is COCCN(CC(=O)N(C)C)[C@H](C(=O)OC)c1ccccc1Cl. The van der Waals surface area contributed by atoms with Crippen molar-refractivity contribution in [3.63, 3.8) is 0 Å². The number of methoxy groups -OCH3 is 2. The van der Waals surface area contributed by atoms with Gasteiger partial charge in [0.05, 0.1) is 20.3 Å². The summed E-state index contributed by atoms with van der Waals surface area (Å²) in [5, 5.41) is 0.447.